The average molecular weight is 571 g/mol. The first-order chi connectivity index (χ1) is 18.9. The van der Waals surface area contributed by atoms with Gasteiger partial charge in [0.2, 0.25) is 0 Å². The Labute approximate surface area is 245 Å². The van der Waals surface area contributed by atoms with Gasteiger partial charge >= 0.3 is 17.9 Å². The van der Waals surface area contributed by atoms with Gasteiger partial charge in [-0.1, -0.05) is 59.8 Å². The Hall–Kier alpha value is -2.41. The molecular formula is C34H50O7. The summed E-state index contributed by atoms with van der Waals surface area (Å²) in [6.07, 6.45) is 9.52. The van der Waals surface area contributed by atoms with Crippen molar-refractivity contribution in [3.63, 3.8) is 0 Å². The van der Waals surface area contributed by atoms with Crippen LogP contribution >= 0.6 is 0 Å². The van der Waals surface area contributed by atoms with E-state index in [4.69, 9.17) is 9.47 Å². The number of allylic oxidation sites excluding steroid dienone is 3. The highest BCUT2D eigenvalue weighted by molar-refractivity contribution is 5.85. The number of rotatable bonds is 7. The average Bonchev–Trinajstić information content (AvgIpc) is 3.10. The molecule has 0 bridgehead atoms. The first-order valence-electron chi connectivity index (χ1n) is 15.3. The molecule has 4 rings (SSSR count). The van der Waals surface area contributed by atoms with Gasteiger partial charge in [0.15, 0.2) is 0 Å². The summed E-state index contributed by atoms with van der Waals surface area (Å²) < 4.78 is 12.0. The first kappa shape index (κ1) is 31.5. The van der Waals surface area contributed by atoms with Crippen molar-refractivity contribution in [1.29, 1.82) is 0 Å². The number of carbonyl (C=O) groups excluding carboxylic acids is 2. The summed E-state index contributed by atoms with van der Waals surface area (Å²) in [5.74, 6) is -1.44. The highest BCUT2D eigenvalue weighted by Gasteiger charge is 2.68. The van der Waals surface area contributed by atoms with Gasteiger partial charge in [0.25, 0.3) is 0 Å². The Balaban J connectivity index is 1.79. The topological polar surface area (TPSA) is 110 Å². The SMILES string of the molecule is CC(=O)O[C@@H](C/C=C(\C)C(=O)O)[C@@H](C)[C@H]1C[C@H](OC(C)=O)[C@@]2(C)C3=CC[C@H]4C(C)(C)[C@@H](O)CC[C@]4(C)C3=CC[C@]12C. The molecule has 0 heterocycles. The van der Waals surface area contributed by atoms with E-state index in [0.717, 1.165) is 25.7 Å². The molecule has 0 spiro atoms. The van der Waals surface area contributed by atoms with Crippen molar-refractivity contribution in [2.75, 3.05) is 0 Å². The second kappa shape index (κ2) is 10.7. The van der Waals surface area contributed by atoms with Crippen LogP contribution in [-0.4, -0.2) is 46.4 Å². The van der Waals surface area contributed by atoms with Gasteiger partial charge in [-0.2, -0.15) is 0 Å². The molecule has 4 aliphatic carbocycles. The van der Waals surface area contributed by atoms with Gasteiger partial charge in [-0.05, 0) is 84.2 Å². The molecule has 2 saturated carbocycles. The zero-order valence-electron chi connectivity index (χ0n) is 26.4. The molecule has 4 aliphatic rings. The molecule has 7 heteroatoms. The van der Waals surface area contributed by atoms with Gasteiger partial charge < -0.3 is 19.7 Å². The Bertz CT molecular complexity index is 1190. The van der Waals surface area contributed by atoms with Crippen LogP contribution in [0.15, 0.2) is 34.9 Å². The summed E-state index contributed by atoms with van der Waals surface area (Å²) in [4.78, 5) is 36.1. The molecule has 0 aromatic rings. The minimum absolute atomic E-state index is 0.0496. The lowest BCUT2D eigenvalue weighted by Crippen LogP contribution is -2.56. The number of aliphatic hydroxyl groups excluding tert-OH is 1. The lowest BCUT2D eigenvalue weighted by Gasteiger charge is -2.61. The van der Waals surface area contributed by atoms with Crippen molar-refractivity contribution in [3.05, 3.63) is 34.9 Å². The second-order valence-electron chi connectivity index (χ2n) is 14.5. The molecule has 228 valence electrons. The third kappa shape index (κ3) is 4.90. The van der Waals surface area contributed by atoms with Crippen LogP contribution < -0.4 is 0 Å². The number of carboxylic acids is 1. The maximum atomic E-state index is 12.5. The molecule has 2 N–H and O–H groups in total. The van der Waals surface area contributed by atoms with E-state index in [2.05, 4.69) is 53.7 Å². The van der Waals surface area contributed by atoms with Crippen LogP contribution in [0, 0.1) is 39.4 Å². The fraction of sp³-hybridized carbons (Fsp3) is 0.735. The maximum Gasteiger partial charge on any atom is 0.330 e. The molecule has 7 nitrogen and oxygen atoms in total. The lowest BCUT2D eigenvalue weighted by atomic mass is 9.44. The van der Waals surface area contributed by atoms with Crippen molar-refractivity contribution in [1.82, 2.24) is 0 Å². The van der Waals surface area contributed by atoms with Crippen LogP contribution in [0.5, 0.6) is 0 Å². The van der Waals surface area contributed by atoms with E-state index in [1.807, 2.05) is 0 Å². The normalized spacial score (nSPS) is 39.2. The number of carboxylic acid groups (broad SMARTS) is 1. The zero-order chi connectivity index (χ0) is 30.7. The predicted molar refractivity (Wildman–Crippen MR) is 157 cm³/mol. The Morgan fingerprint density at radius 2 is 1.71 bits per heavy atom. The standard InChI is InChI=1S/C34H50O7/c1-19(30(38)39)10-12-26(40-21(3)35)20(2)25-18-29(41-22(4)36)34(9)24-11-13-27-31(5,6)28(37)15-16-32(27,7)23(24)14-17-33(25,34)8/h10-11,14,20,25-29,37H,12-13,15-18H2,1-9H3,(H,38,39)/b19-10+/t20-,25+,26-,27-,28-,29-,32+,33+,34+/m0/s1. The molecule has 0 amide bonds. The van der Waals surface area contributed by atoms with E-state index in [-0.39, 0.29) is 51.8 Å². The Morgan fingerprint density at radius 3 is 2.29 bits per heavy atom. The molecule has 41 heavy (non-hydrogen) atoms. The number of hydrogen-bond acceptors (Lipinski definition) is 6. The fourth-order valence-electron chi connectivity index (χ4n) is 9.43. The van der Waals surface area contributed by atoms with Gasteiger partial charge in [-0.25, -0.2) is 4.79 Å². The zero-order valence-corrected chi connectivity index (χ0v) is 26.4. The summed E-state index contributed by atoms with van der Waals surface area (Å²) in [5.41, 5.74) is 1.79. The Morgan fingerprint density at radius 1 is 1.05 bits per heavy atom. The molecule has 0 saturated heterocycles. The van der Waals surface area contributed by atoms with Crippen LogP contribution in [0.1, 0.15) is 101 Å². The Kier molecular flexibility index (Phi) is 8.22. The quantitative estimate of drug-likeness (QED) is 0.269. The van der Waals surface area contributed by atoms with E-state index in [9.17, 15) is 24.6 Å². The molecule has 0 radical (unpaired) electrons. The minimum Gasteiger partial charge on any atom is -0.478 e. The summed E-state index contributed by atoms with van der Waals surface area (Å²) >= 11 is 0. The number of hydrogen-bond donors (Lipinski definition) is 2. The number of carbonyl (C=O) groups is 3. The van der Waals surface area contributed by atoms with Gasteiger partial charge in [-0.3, -0.25) is 9.59 Å². The lowest BCUT2D eigenvalue weighted by molar-refractivity contribution is -0.153. The van der Waals surface area contributed by atoms with Crippen LogP contribution in [0.4, 0.5) is 0 Å². The third-order valence-electron chi connectivity index (χ3n) is 12.2. The maximum absolute atomic E-state index is 12.5. The van der Waals surface area contributed by atoms with Crippen molar-refractivity contribution in [2.45, 2.75) is 119 Å². The van der Waals surface area contributed by atoms with Gasteiger partial charge in [0, 0.05) is 31.3 Å². The minimum atomic E-state index is -0.992. The van der Waals surface area contributed by atoms with E-state index in [1.54, 1.807) is 13.0 Å². The third-order valence-corrected chi connectivity index (χ3v) is 12.2. The van der Waals surface area contributed by atoms with Crippen molar-refractivity contribution < 1.29 is 34.1 Å². The highest BCUT2D eigenvalue weighted by Crippen LogP contribution is 2.72. The molecule has 0 aliphatic heterocycles. The fourth-order valence-corrected chi connectivity index (χ4v) is 9.43. The molecule has 0 unspecified atom stereocenters. The second-order valence-corrected chi connectivity index (χ2v) is 14.5. The molecule has 2 fully saturated rings. The van der Waals surface area contributed by atoms with E-state index in [0.29, 0.717) is 18.8 Å². The molecular weight excluding hydrogens is 520 g/mol. The monoisotopic (exact) mass is 570 g/mol. The van der Waals surface area contributed by atoms with E-state index in [1.165, 1.54) is 25.0 Å². The van der Waals surface area contributed by atoms with Crippen LogP contribution in [0.3, 0.4) is 0 Å². The van der Waals surface area contributed by atoms with Gasteiger partial charge in [-0.15, -0.1) is 0 Å². The highest BCUT2D eigenvalue weighted by atomic mass is 16.5. The van der Waals surface area contributed by atoms with Crippen molar-refractivity contribution >= 4 is 17.9 Å². The van der Waals surface area contributed by atoms with E-state index < -0.39 is 23.5 Å². The van der Waals surface area contributed by atoms with Crippen molar-refractivity contribution in [2.24, 2.45) is 39.4 Å². The number of ether oxygens (including phenoxy) is 2. The molecule has 9 atom stereocenters. The van der Waals surface area contributed by atoms with Crippen molar-refractivity contribution in [3.8, 4) is 0 Å². The van der Waals surface area contributed by atoms with E-state index >= 15 is 0 Å². The number of fused-ring (bicyclic) bond motifs is 5. The summed E-state index contributed by atoms with van der Waals surface area (Å²) in [5, 5.41) is 20.3. The van der Waals surface area contributed by atoms with Gasteiger partial charge in [0.1, 0.15) is 12.2 Å². The summed E-state index contributed by atoms with van der Waals surface area (Å²) in [6, 6.07) is 0. The van der Waals surface area contributed by atoms with Crippen LogP contribution in [0.25, 0.3) is 0 Å². The summed E-state index contributed by atoms with van der Waals surface area (Å²) in [7, 11) is 0. The van der Waals surface area contributed by atoms with Gasteiger partial charge in [0.05, 0.1) is 6.10 Å². The van der Waals surface area contributed by atoms with Crippen LogP contribution in [0.2, 0.25) is 0 Å². The number of esters is 2. The smallest absolute Gasteiger partial charge is 0.330 e. The summed E-state index contributed by atoms with van der Waals surface area (Å²) in [6.45, 7) is 17.8. The number of aliphatic carboxylic acids is 1. The molecule has 0 aromatic heterocycles. The number of aliphatic hydroxyl groups is 1. The molecule has 0 aromatic carbocycles. The largest absolute Gasteiger partial charge is 0.478 e. The van der Waals surface area contributed by atoms with Crippen LogP contribution in [-0.2, 0) is 23.9 Å². The first-order valence-corrected chi connectivity index (χ1v) is 15.3. The predicted octanol–water partition coefficient (Wildman–Crippen LogP) is 6.40.